The second kappa shape index (κ2) is 5.50. The molecule has 2 rings (SSSR count). The normalized spacial score (nSPS) is 24.2. The topological polar surface area (TPSA) is 27.6 Å². The molecule has 15 heavy (non-hydrogen) atoms. The second-order valence-corrected chi connectivity index (χ2v) is 4.69. The molecule has 0 aromatic heterocycles. The lowest BCUT2D eigenvalue weighted by Gasteiger charge is -2.32. The summed E-state index contributed by atoms with van der Waals surface area (Å²) in [5.41, 5.74) is 0. The van der Waals surface area contributed by atoms with Crippen molar-refractivity contribution in [3.63, 3.8) is 0 Å². The van der Waals surface area contributed by atoms with Crippen LogP contribution in [0.15, 0.2) is 4.99 Å². The van der Waals surface area contributed by atoms with Gasteiger partial charge >= 0.3 is 0 Å². The first kappa shape index (κ1) is 10.9. The maximum absolute atomic E-state index is 4.48. The standard InChI is InChI=1S/C12H23N3/c1-2-8-15-9-5-11(6-10-15)14-12-4-3-7-13-12/h11H,2-10H2,1H3,(H,13,14). The van der Waals surface area contributed by atoms with E-state index in [0.717, 1.165) is 6.54 Å². The molecule has 3 heteroatoms. The van der Waals surface area contributed by atoms with Crippen molar-refractivity contribution in [2.45, 2.75) is 45.1 Å². The molecule has 3 nitrogen and oxygen atoms in total. The molecule has 0 aromatic carbocycles. The number of aliphatic imine (C=N–C) groups is 1. The van der Waals surface area contributed by atoms with Gasteiger partial charge in [-0.2, -0.15) is 0 Å². The van der Waals surface area contributed by atoms with Gasteiger partial charge in [-0.1, -0.05) is 6.92 Å². The fraction of sp³-hybridized carbons (Fsp3) is 0.917. The molecule has 0 amide bonds. The molecule has 0 bridgehead atoms. The highest BCUT2D eigenvalue weighted by molar-refractivity contribution is 5.83. The highest BCUT2D eigenvalue weighted by Crippen LogP contribution is 2.12. The molecule has 0 radical (unpaired) electrons. The van der Waals surface area contributed by atoms with Gasteiger partial charge in [0.15, 0.2) is 0 Å². The van der Waals surface area contributed by atoms with Crippen LogP contribution in [0.25, 0.3) is 0 Å². The Hall–Kier alpha value is -0.570. The van der Waals surface area contributed by atoms with Crippen molar-refractivity contribution in [3.05, 3.63) is 0 Å². The zero-order chi connectivity index (χ0) is 10.5. The fourth-order valence-electron chi connectivity index (χ4n) is 2.51. The molecule has 0 atom stereocenters. The Morgan fingerprint density at radius 3 is 2.80 bits per heavy atom. The average Bonchev–Trinajstić information content (AvgIpc) is 2.74. The Bertz CT molecular complexity index is 217. The third-order valence-corrected chi connectivity index (χ3v) is 3.37. The monoisotopic (exact) mass is 209 g/mol. The second-order valence-electron chi connectivity index (χ2n) is 4.69. The van der Waals surface area contributed by atoms with Crippen molar-refractivity contribution in [3.8, 4) is 0 Å². The minimum atomic E-state index is 0.690. The van der Waals surface area contributed by atoms with Gasteiger partial charge in [0.25, 0.3) is 0 Å². The first-order valence-corrected chi connectivity index (χ1v) is 6.40. The van der Waals surface area contributed by atoms with Crippen LogP contribution in [0.4, 0.5) is 0 Å². The molecular weight excluding hydrogens is 186 g/mol. The van der Waals surface area contributed by atoms with Crippen LogP contribution in [0.3, 0.4) is 0 Å². The largest absolute Gasteiger partial charge is 0.371 e. The Morgan fingerprint density at radius 2 is 2.20 bits per heavy atom. The number of piperidine rings is 1. The third-order valence-electron chi connectivity index (χ3n) is 3.37. The molecule has 2 heterocycles. The molecule has 1 fully saturated rings. The lowest BCUT2D eigenvalue weighted by Crippen LogP contribution is -2.44. The van der Waals surface area contributed by atoms with Crippen LogP contribution in [-0.2, 0) is 0 Å². The van der Waals surface area contributed by atoms with E-state index >= 15 is 0 Å². The van der Waals surface area contributed by atoms with E-state index in [1.165, 1.54) is 57.6 Å². The van der Waals surface area contributed by atoms with Crippen molar-refractivity contribution >= 4 is 5.84 Å². The maximum Gasteiger partial charge on any atom is 0.0965 e. The number of nitrogens with one attached hydrogen (secondary N) is 1. The molecule has 0 aromatic rings. The first-order valence-electron chi connectivity index (χ1n) is 6.40. The summed E-state index contributed by atoms with van der Waals surface area (Å²) in [5.74, 6) is 1.27. The molecule has 2 aliphatic heterocycles. The summed E-state index contributed by atoms with van der Waals surface area (Å²) in [7, 11) is 0. The van der Waals surface area contributed by atoms with Crippen molar-refractivity contribution < 1.29 is 0 Å². The summed E-state index contributed by atoms with van der Waals surface area (Å²) in [5, 5.41) is 3.60. The van der Waals surface area contributed by atoms with E-state index in [-0.39, 0.29) is 0 Å². The van der Waals surface area contributed by atoms with E-state index in [0.29, 0.717) is 6.04 Å². The molecule has 1 N–H and O–H groups in total. The van der Waals surface area contributed by atoms with Gasteiger partial charge in [-0.05, 0) is 32.2 Å². The van der Waals surface area contributed by atoms with E-state index in [1.807, 2.05) is 0 Å². The van der Waals surface area contributed by atoms with E-state index in [1.54, 1.807) is 0 Å². The molecule has 1 saturated heterocycles. The summed E-state index contributed by atoms with van der Waals surface area (Å²) in [6.45, 7) is 7.10. The molecule has 0 aliphatic carbocycles. The lowest BCUT2D eigenvalue weighted by molar-refractivity contribution is 0.206. The predicted octanol–water partition coefficient (Wildman–Crippen LogP) is 1.64. The quantitative estimate of drug-likeness (QED) is 0.765. The molecule has 2 aliphatic rings. The SMILES string of the molecule is CCCN1CCC(NC2=NCCC2)CC1. The Morgan fingerprint density at radius 1 is 1.40 bits per heavy atom. The van der Waals surface area contributed by atoms with E-state index in [2.05, 4.69) is 22.1 Å². The van der Waals surface area contributed by atoms with Crippen molar-refractivity contribution in [1.82, 2.24) is 10.2 Å². The van der Waals surface area contributed by atoms with Gasteiger partial charge in [0.1, 0.15) is 0 Å². The van der Waals surface area contributed by atoms with Gasteiger partial charge in [-0.3, -0.25) is 4.99 Å². The molecule has 86 valence electrons. The fourth-order valence-corrected chi connectivity index (χ4v) is 2.51. The maximum atomic E-state index is 4.48. The van der Waals surface area contributed by atoms with Crippen LogP contribution in [0.2, 0.25) is 0 Å². The number of likely N-dealkylation sites (tertiary alicyclic amines) is 1. The molecule has 0 unspecified atom stereocenters. The molecule has 0 spiro atoms. The number of rotatable bonds is 3. The lowest BCUT2D eigenvalue weighted by atomic mass is 10.0. The third kappa shape index (κ3) is 3.20. The van der Waals surface area contributed by atoms with Gasteiger partial charge < -0.3 is 10.2 Å². The zero-order valence-electron chi connectivity index (χ0n) is 9.84. The highest BCUT2D eigenvalue weighted by Gasteiger charge is 2.19. The predicted molar refractivity (Wildman–Crippen MR) is 64.4 cm³/mol. The summed E-state index contributed by atoms with van der Waals surface area (Å²) < 4.78 is 0. The Balaban J connectivity index is 1.69. The van der Waals surface area contributed by atoms with Crippen LogP contribution in [0.5, 0.6) is 0 Å². The Labute approximate surface area is 92.9 Å². The van der Waals surface area contributed by atoms with Crippen molar-refractivity contribution in [2.24, 2.45) is 4.99 Å². The minimum absolute atomic E-state index is 0.690. The van der Waals surface area contributed by atoms with Crippen LogP contribution >= 0.6 is 0 Å². The van der Waals surface area contributed by atoms with Gasteiger partial charge in [0, 0.05) is 32.1 Å². The molecule has 0 saturated carbocycles. The highest BCUT2D eigenvalue weighted by atomic mass is 15.1. The smallest absolute Gasteiger partial charge is 0.0965 e. The summed E-state index contributed by atoms with van der Waals surface area (Å²) in [4.78, 5) is 7.06. The number of hydrogen-bond donors (Lipinski definition) is 1. The van der Waals surface area contributed by atoms with Gasteiger partial charge in [0.05, 0.1) is 5.84 Å². The summed E-state index contributed by atoms with van der Waals surface area (Å²) >= 11 is 0. The Kier molecular flexibility index (Phi) is 4.01. The zero-order valence-corrected chi connectivity index (χ0v) is 9.84. The number of nitrogens with zero attached hydrogens (tertiary/aromatic N) is 2. The van der Waals surface area contributed by atoms with Crippen molar-refractivity contribution in [1.29, 1.82) is 0 Å². The van der Waals surface area contributed by atoms with Gasteiger partial charge in [-0.15, -0.1) is 0 Å². The van der Waals surface area contributed by atoms with Crippen LogP contribution in [0.1, 0.15) is 39.0 Å². The average molecular weight is 209 g/mol. The number of amidine groups is 1. The summed E-state index contributed by atoms with van der Waals surface area (Å²) in [6.07, 6.45) is 6.29. The van der Waals surface area contributed by atoms with E-state index in [9.17, 15) is 0 Å². The van der Waals surface area contributed by atoms with Crippen LogP contribution in [0, 0.1) is 0 Å². The van der Waals surface area contributed by atoms with Crippen LogP contribution in [-0.4, -0.2) is 43.0 Å². The van der Waals surface area contributed by atoms with Crippen molar-refractivity contribution in [2.75, 3.05) is 26.2 Å². The van der Waals surface area contributed by atoms with Gasteiger partial charge in [0.2, 0.25) is 0 Å². The van der Waals surface area contributed by atoms with Crippen LogP contribution < -0.4 is 5.32 Å². The first-order chi connectivity index (χ1) is 7.38. The van der Waals surface area contributed by atoms with E-state index < -0.39 is 0 Å². The number of hydrogen-bond acceptors (Lipinski definition) is 3. The molecular formula is C12H23N3. The van der Waals surface area contributed by atoms with Gasteiger partial charge in [-0.25, -0.2) is 0 Å². The minimum Gasteiger partial charge on any atom is -0.371 e. The van der Waals surface area contributed by atoms with E-state index in [4.69, 9.17) is 0 Å². The summed E-state index contributed by atoms with van der Waals surface area (Å²) in [6, 6.07) is 0.690.